The molecule has 6 nitrogen and oxygen atoms in total. The van der Waals surface area contributed by atoms with Gasteiger partial charge < -0.3 is 5.11 Å². The number of hydrogen-bond acceptors (Lipinski definition) is 4. The van der Waals surface area contributed by atoms with Crippen molar-refractivity contribution < 1.29 is 23.1 Å². The van der Waals surface area contributed by atoms with Gasteiger partial charge in [-0.2, -0.15) is 13.2 Å². The van der Waals surface area contributed by atoms with Crippen LogP contribution in [0, 0.1) is 0 Å². The SMILES string of the molecule is CCCC(CC(=O)O)n1nnnc1CC(F)(F)F. The maximum Gasteiger partial charge on any atom is 0.396 e. The van der Waals surface area contributed by atoms with Crippen molar-refractivity contribution in [2.75, 3.05) is 0 Å². The number of halogens is 3. The van der Waals surface area contributed by atoms with E-state index in [1.54, 1.807) is 0 Å². The third kappa shape index (κ3) is 4.30. The van der Waals surface area contributed by atoms with Crippen LogP contribution in [-0.2, 0) is 11.2 Å². The molecular formula is C9H13F3N4O2. The minimum absolute atomic E-state index is 0.302. The van der Waals surface area contributed by atoms with E-state index in [1.165, 1.54) is 0 Å². The van der Waals surface area contributed by atoms with Crippen molar-refractivity contribution in [2.24, 2.45) is 0 Å². The molecule has 9 heteroatoms. The summed E-state index contributed by atoms with van der Waals surface area (Å²) in [6.07, 6.45) is -4.96. The van der Waals surface area contributed by atoms with Gasteiger partial charge in [-0.05, 0) is 16.8 Å². The normalized spacial score (nSPS) is 13.6. The molecule has 0 aliphatic rings. The zero-order chi connectivity index (χ0) is 13.8. The second-order valence-corrected chi connectivity index (χ2v) is 3.87. The molecule has 1 heterocycles. The average molecular weight is 266 g/mol. The van der Waals surface area contributed by atoms with E-state index < -0.39 is 24.6 Å². The number of hydrogen-bond donors (Lipinski definition) is 1. The number of alkyl halides is 3. The van der Waals surface area contributed by atoms with E-state index in [0.717, 1.165) is 4.68 Å². The Morgan fingerprint density at radius 2 is 2.17 bits per heavy atom. The maximum absolute atomic E-state index is 12.3. The van der Waals surface area contributed by atoms with Crippen LogP contribution >= 0.6 is 0 Å². The molecular weight excluding hydrogens is 253 g/mol. The van der Waals surface area contributed by atoms with Crippen molar-refractivity contribution in [1.82, 2.24) is 20.2 Å². The Kier molecular flexibility index (Phi) is 4.62. The van der Waals surface area contributed by atoms with Gasteiger partial charge in [0.05, 0.1) is 12.5 Å². The van der Waals surface area contributed by atoms with Crippen molar-refractivity contribution in [3.63, 3.8) is 0 Å². The molecule has 0 fully saturated rings. The lowest BCUT2D eigenvalue weighted by Gasteiger charge is -2.16. The molecule has 0 saturated carbocycles. The predicted octanol–water partition coefficient (Wildman–Crippen LogP) is 1.59. The predicted molar refractivity (Wildman–Crippen MR) is 53.8 cm³/mol. The van der Waals surface area contributed by atoms with Crippen LogP contribution in [-0.4, -0.2) is 37.5 Å². The Hall–Kier alpha value is -1.67. The summed E-state index contributed by atoms with van der Waals surface area (Å²) in [6, 6.07) is -0.653. The molecule has 18 heavy (non-hydrogen) atoms. The average Bonchev–Trinajstić information content (AvgIpc) is 2.61. The smallest absolute Gasteiger partial charge is 0.396 e. The zero-order valence-corrected chi connectivity index (χ0v) is 9.68. The van der Waals surface area contributed by atoms with Crippen LogP contribution in [0.4, 0.5) is 13.2 Å². The minimum Gasteiger partial charge on any atom is -0.481 e. The molecule has 0 saturated heterocycles. The van der Waals surface area contributed by atoms with Gasteiger partial charge in [-0.1, -0.05) is 13.3 Å². The Balaban J connectivity index is 2.91. The van der Waals surface area contributed by atoms with Gasteiger partial charge in [0.2, 0.25) is 0 Å². The van der Waals surface area contributed by atoms with Gasteiger partial charge in [-0.25, -0.2) is 4.68 Å². The van der Waals surface area contributed by atoms with E-state index in [4.69, 9.17) is 5.11 Å². The standard InChI is InChI=1S/C9H13F3N4O2/c1-2-3-6(4-8(17)18)16-7(13-14-15-16)5-9(10,11)12/h6H,2-5H2,1H3,(H,17,18). The van der Waals surface area contributed by atoms with E-state index in [2.05, 4.69) is 15.5 Å². The molecule has 102 valence electrons. The van der Waals surface area contributed by atoms with Crippen LogP contribution in [0.1, 0.15) is 38.1 Å². The monoisotopic (exact) mass is 266 g/mol. The van der Waals surface area contributed by atoms with Crippen molar-refractivity contribution in [3.8, 4) is 0 Å². The first kappa shape index (κ1) is 14.4. The van der Waals surface area contributed by atoms with E-state index in [0.29, 0.717) is 12.8 Å². The maximum atomic E-state index is 12.3. The topological polar surface area (TPSA) is 80.9 Å². The summed E-state index contributed by atoms with van der Waals surface area (Å²) < 4.78 is 37.8. The molecule has 1 atom stereocenters. The molecule has 1 unspecified atom stereocenters. The fourth-order valence-electron chi connectivity index (χ4n) is 1.64. The fourth-order valence-corrected chi connectivity index (χ4v) is 1.64. The molecule has 0 radical (unpaired) electrons. The number of carboxylic acid groups (broad SMARTS) is 1. The van der Waals surface area contributed by atoms with Crippen LogP contribution in [0.25, 0.3) is 0 Å². The first-order chi connectivity index (χ1) is 8.33. The lowest BCUT2D eigenvalue weighted by molar-refractivity contribution is -0.138. The second kappa shape index (κ2) is 5.78. The fraction of sp³-hybridized carbons (Fsp3) is 0.778. The van der Waals surface area contributed by atoms with Crippen LogP contribution in [0.5, 0.6) is 0 Å². The lowest BCUT2D eigenvalue weighted by Crippen LogP contribution is -2.22. The summed E-state index contributed by atoms with van der Waals surface area (Å²) in [5, 5.41) is 18.7. The largest absolute Gasteiger partial charge is 0.481 e. The molecule has 1 aromatic rings. The van der Waals surface area contributed by atoms with E-state index in [9.17, 15) is 18.0 Å². The van der Waals surface area contributed by atoms with Gasteiger partial charge in [0.25, 0.3) is 0 Å². The van der Waals surface area contributed by atoms with Crippen molar-refractivity contribution in [2.45, 2.75) is 44.8 Å². The molecule has 1 N–H and O–H groups in total. The van der Waals surface area contributed by atoms with Gasteiger partial charge in [0, 0.05) is 0 Å². The van der Waals surface area contributed by atoms with E-state index in [1.807, 2.05) is 6.92 Å². The first-order valence-electron chi connectivity index (χ1n) is 5.38. The number of carbonyl (C=O) groups is 1. The van der Waals surface area contributed by atoms with Crippen molar-refractivity contribution in [1.29, 1.82) is 0 Å². The van der Waals surface area contributed by atoms with Gasteiger partial charge in [0.1, 0.15) is 6.42 Å². The summed E-state index contributed by atoms with van der Waals surface area (Å²) in [6.45, 7) is 1.81. The Labute approximate surface area is 101 Å². The first-order valence-corrected chi connectivity index (χ1v) is 5.38. The molecule has 0 aliphatic carbocycles. The third-order valence-corrected chi connectivity index (χ3v) is 2.30. The summed E-state index contributed by atoms with van der Waals surface area (Å²) in [5.41, 5.74) is 0. The number of carboxylic acids is 1. The highest BCUT2D eigenvalue weighted by atomic mass is 19.4. The number of tetrazole rings is 1. The summed E-state index contributed by atoms with van der Waals surface area (Å²) in [4.78, 5) is 10.7. The van der Waals surface area contributed by atoms with Crippen LogP contribution in [0.2, 0.25) is 0 Å². The summed E-state index contributed by atoms with van der Waals surface area (Å²) in [5.74, 6) is -1.45. The highest BCUT2D eigenvalue weighted by Crippen LogP contribution is 2.23. The zero-order valence-electron chi connectivity index (χ0n) is 9.68. The number of nitrogens with zero attached hydrogens (tertiary/aromatic N) is 4. The van der Waals surface area contributed by atoms with E-state index >= 15 is 0 Å². The van der Waals surface area contributed by atoms with Gasteiger partial charge in [0.15, 0.2) is 5.82 Å². The highest BCUT2D eigenvalue weighted by molar-refractivity contribution is 5.67. The number of aliphatic carboxylic acids is 1. The van der Waals surface area contributed by atoms with Crippen LogP contribution in [0.3, 0.4) is 0 Å². The number of aromatic nitrogens is 4. The van der Waals surface area contributed by atoms with Gasteiger partial charge in [-0.15, -0.1) is 5.10 Å². The minimum atomic E-state index is -4.42. The molecule has 0 bridgehead atoms. The van der Waals surface area contributed by atoms with Crippen LogP contribution in [0.15, 0.2) is 0 Å². The lowest BCUT2D eigenvalue weighted by atomic mass is 10.1. The van der Waals surface area contributed by atoms with Crippen molar-refractivity contribution in [3.05, 3.63) is 5.82 Å². The Bertz CT molecular complexity index is 405. The Morgan fingerprint density at radius 1 is 1.50 bits per heavy atom. The molecule has 0 amide bonds. The quantitative estimate of drug-likeness (QED) is 0.845. The van der Waals surface area contributed by atoms with E-state index in [-0.39, 0.29) is 12.2 Å². The molecule has 0 aromatic carbocycles. The number of rotatable bonds is 6. The summed E-state index contributed by atoms with van der Waals surface area (Å²) in [7, 11) is 0. The molecule has 0 spiro atoms. The van der Waals surface area contributed by atoms with Crippen molar-refractivity contribution >= 4 is 5.97 Å². The molecule has 0 aliphatic heterocycles. The van der Waals surface area contributed by atoms with Gasteiger partial charge >= 0.3 is 12.1 Å². The molecule has 1 aromatic heterocycles. The summed E-state index contributed by atoms with van der Waals surface area (Å²) >= 11 is 0. The highest BCUT2D eigenvalue weighted by Gasteiger charge is 2.32. The van der Waals surface area contributed by atoms with Gasteiger partial charge in [-0.3, -0.25) is 4.79 Å². The van der Waals surface area contributed by atoms with Crippen LogP contribution < -0.4 is 0 Å². The third-order valence-electron chi connectivity index (χ3n) is 2.30. The molecule has 1 rings (SSSR count). The second-order valence-electron chi connectivity index (χ2n) is 3.87. The Morgan fingerprint density at radius 3 is 2.67 bits per heavy atom.